The third kappa shape index (κ3) is 3.68. The van der Waals surface area contributed by atoms with Crippen LogP contribution in [0.1, 0.15) is 50.5 Å². The second-order valence-corrected chi connectivity index (χ2v) is 6.64. The van der Waals surface area contributed by atoms with E-state index in [1.165, 1.54) is 32.1 Å². The summed E-state index contributed by atoms with van der Waals surface area (Å²) in [5.41, 5.74) is 0.405. The van der Waals surface area contributed by atoms with Crippen molar-refractivity contribution in [3.63, 3.8) is 0 Å². The van der Waals surface area contributed by atoms with Crippen LogP contribution in [0.2, 0.25) is 0 Å². The molecule has 3 heteroatoms. The topological polar surface area (TPSA) is 9.23 Å². The fraction of sp³-hybridized carbons (Fsp3) is 0.579. The van der Waals surface area contributed by atoms with Gasteiger partial charge in [-0.2, -0.15) is 4.39 Å². The van der Waals surface area contributed by atoms with Gasteiger partial charge in [0.15, 0.2) is 11.6 Å². The Morgan fingerprint density at radius 1 is 1.00 bits per heavy atom. The van der Waals surface area contributed by atoms with Gasteiger partial charge in [0.05, 0.1) is 6.61 Å². The molecule has 2 aliphatic carbocycles. The molecule has 0 amide bonds. The van der Waals surface area contributed by atoms with Crippen molar-refractivity contribution >= 4 is 0 Å². The lowest BCUT2D eigenvalue weighted by Crippen LogP contribution is -2.19. The molecule has 2 aliphatic rings. The number of hydrogen-bond donors (Lipinski definition) is 0. The third-order valence-electron chi connectivity index (χ3n) is 4.97. The van der Waals surface area contributed by atoms with Crippen molar-refractivity contribution in [2.45, 2.75) is 51.4 Å². The molecule has 0 bridgehead atoms. The zero-order chi connectivity index (χ0) is 15.4. The summed E-state index contributed by atoms with van der Waals surface area (Å²) in [5, 5.41) is 0. The maximum Gasteiger partial charge on any atom is 0.200 e. The van der Waals surface area contributed by atoms with Crippen molar-refractivity contribution in [1.29, 1.82) is 0 Å². The van der Waals surface area contributed by atoms with Crippen LogP contribution in [0.4, 0.5) is 8.78 Å². The van der Waals surface area contributed by atoms with Crippen LogP contribution in [0.5, 0.6) is 5.75 Å². The van der Waals surface area contributed by atoms with Crippen LogP contribution >= 0.6 is 0 Å². The van der Waals surface area contributed by atoms with Crippen molar-refractivity contribution < 1.29 is 13.5 Å². The molecule has 0 atom stereocenters. The highest BCUT2D eigenvalue weighted by molar-refractivity contribution is 5.32. The average Bonchev–Trinajstić information content (AvgIpc) is 2.97. The smallest absolute Gasteiger partial charge is 0.200 e. The van der Waals surface area contributed by atoms with E-state index in [1.54, 1.807) is 12.1 Å². The summed E-state index contributed by atoms with van der Waals surface area (Å²) in [6.45, 7) is 0.497. The number of hydrogen-bond acceptors (Lipinski definition) is 1. The van der Waals surface area contributed by atoms with E-state index in [9.17, 15) is 8.78 Å². The Bertz CT molecular complexity index is 528. The number of allylic oxidation sites excluding steroid dienone is 2. The molecular formula is C19H24F2O. The number of halogens is 2. The Morgan fingerprint density at radius 3 is 2.45 bits per heavy atom. The first-order valence-electron chi connectivity index (χ1n) is 8.50. The fourth-order valence-electron chi connectivity index (χ4n) is 3.25. The van der Waals surface area contributed by atoms with E-state index < -0.39 is 11.6 Å². The maximum absolute atomic E-state index is 14.1. The van der Waals surface area contributed by atoms with Gasteiger partial charge in [0.25, 0.3) is 0 Å². The van der Waals surface area contributed by atoms with Gasteiger partial charge in [0.1, 0.15) is 0 Å². The molecule has 0 N–H and O–H groups in total. The summed E-state index contributed by atoms with van der Waals surface area (Å²) in [5.74, 6) is -0.421. The predicted octanol–water partition coefficient (Wildman–Crippen LogP) is 5.43. The minimum absolute atomic E-state index is 0.0490. The summed E-state index contributed by atoms with van der Waals surface area (Å²) in [7, 11) is 0. The van der Waals surface area contributed by atoms with Crippen LogP contribution in [0, 0.1) is 23.5 Å². The highest BCUT2D eigenvalue weighted by atomic mass is 19.2. The van der Waals surface area contributed by atoms with E-state index in [1.807, 2.05) is 6.08 Å². The van der Waals surface area contributed by atoms with Crippen molar-refractivity contribution in [1.82, 2.24) is 0 Å². The first-order chi connectivity index (χ1) is 10.7. The van der Waals surface area contributed by atoms with Crippen LogP contribution < -0.4 is 4.74 Å². The molecule has 1 aromatic carbocycles. The van der Waals surface area contributed by atoms with Gasteiger partial charge < -0.3 is 4.74 Å². The standard InChI is InChI=1S/C19H24F2O/c20-18-16(10-4-7-14-5-1-2-6-14)11-12-17(19(18)21)22-13-15-8-3-9-15/h4,7,11-12,14-15H,1-3,5-6,8-10,13H2/b7-4+. The van der Waals surface area contributed by atoms with Crippen LogP contribution in [0.3, 0.4) is 0 Å². The van der Waals surface area contributed by atoms with Gasteiger partial charge in [0, 0.05) is 0 Å². The van der Waals surface area contributed by atoms with Crippen molar-refractivity contribution in [3.8, 4) is 5.75 Å². The second kappa shape index (κ2) is 7.26. The average molecular weight is 306 g/mol. The van der Waals surface area contributed by atoms with E-state index in [0.29, 0.717) is 30.4 Å². The van der Waals surface area contributed by atoms with E-state index in [-0.39, 0.29) is 5.75 Å². The summed E-state index contributed by atoms with van der Waals surface area (Å²) in [4.78, 5) is 0. The maximum atomic E-state index is 14.1. The fourth-order valence-corrected chi connectivity index (χ4v) is 3.25. The van der Waals surface area contributed by atoms with E-state index >= 15 is 0 Å². The number of ether oxygens (including phenoxy) is 1. The molecule has 2 saturated carbocycles. The van der Waals surface area contributed by atoms with E-state index in [2.05, 4.69) is 6.08 Å². The quantitative estimate of drug-likeness (QED) is 0.636. The monoisotopic (exact) mass is 306 g/mol. The molecule has 0 radical (unpaired) electrons. The lowest BCUT2D eigenvalue weighted by molar-refractivity contribution is 0.174. The van der Waals surface area contributed by atoms with Gasteiger partial charge in [0.2, 0.25) is 5.82 Å². The Balaban J connectivity index is 1.58. The number of benzene rings is 1. The van der Waals surface area contributed by atoms with Gasteiger partial charge in [-0.1, -0.05) is 37.5 Å². The third-order valence-corrected chi connectivity index (χ3v) is 4.97. The Morgan fingerprint density at radius 2 is 1.77 bits per heavy atom. The zero-order valence-electron chi connectivity index (χ0n) is 13.0. The first-order valence-corrected chi connectivity index (χ1v) is 8.50. The molecule has 0 heterocycles. The molecule has 120 valence electrons. The normalized spacial score (nSPS) is 19.7. The molecule has 3 rings (SSSR count). The summed E-state index contributed by atoms with van der Waals surface area (Å²) < 4.78 is 33.6. The summed E-state index contributed by atoms with van der Waals surface area (Å²) in [6.07, 6.45) is 13.1. The highest BCUT2D eigenvalue weighted by Gasteiger charge is 2.20. The molecule has 0 unspecified atom stereocenters. The zero-order valence-corrected chi connectivity index (χ0v) is 13.0. The molecule has 1 nitrogen and oxygen atoms in total. The molecular weight excluding hydrogens is 282 g/mol. The van der Waals surface area contributed by atoms with Gasteiger partial charge >= 0.3 is 0 Å². The SMILES string of the molecule is Fc1c(C/C=C/C2CCCC2)ccc(OCC2CCC2)c1F. The summed E-state index contributed by atoms with van der Waals surface area (Å²) in [6, 6.07) is 3.21. The lowest BCUT2D eigenvalue weighted by Gasteiger charge is -2.25. The Labute approximate surface area is 131 Å². The molecule has 2 fully saturated rings. The molecule has 0 saturated heterocycles. The molecule has 0 aliphatic heterocycles. The van der Waals surface area contributed by atoms with Crippen molar-refractivity contribution in [2.24, 2.45) is 11.8 Å². The number of rotatable bonds is 6. The van der Waals surface area contributed by atoms with Gasteiger partial charge in [-0.3, -0.25) is 0 Å². The van der Waals surface area contributed by atoms with Crippen LogP contribution in [-0.4, -0.2) is 6.61 Å². The highest BCUT2D eigenvalue weighted by Crippen LogP contribution is 2.29. The minimum Gasteiger partial charge on any atom is -0.490 e. The van der Waals surface area contributed by atoms with E-state index in [4.69, 9.17) is 4.74 Å². The molecule has 1 aromatic rings. The largest absolute Gasteiger partial charge is 0.490 e. The van der Waals surface area contributed by atoms with Crippen LogP contribution in [0.25, 0.3) is 0 Å². The van der Waals surface area contributed by atoms with Gasteiger partial charge in [-0.15, -0.1) is 0 Å². The van der Waals surface area contributed by atoms with Crippen LogP contribution in [0.15, 0.2) is 24.3 Å². The molecule has 0 aromatic heterocycles. The Kier molecular flexibility index (Phi) is 5.12. The summed E-state index contributed by atoms with van der Waals surface area (Å²) >= 11 is 0. The lowest BCUT2D eigenvalue weighted by atomic mass is 9.86. The first kappa shape index (κ1) is 15.5. The predicted molar refractivity (Wildman–Crippen MR) is 84.0 cm³/mol. The molecule has 22 heavy (non-hydrogen) atoms. The van der Waals surface area contributed by atoms with Gasteiger partial charge in [-0.05, 0) is 55.6 Å². The van der Waals surface area contributed by atoms with Crippen molar-refractivity contribution in [3.05, 3.63) is 41.5 Å². The van der Waals surface area contributed by atoms with Crippen LogP contribution in [-0.2, 0) is 6.42 Å². The molecule has 0 spiro atoms. The van der Waals surface area contributed by atoms with E-state index in [0.717, 1.165) is 12.8 Å². The Hall–Kier alpha value is -1.38. The van der Waals surface area contributed by atoms with Gasteiger partial charge in [-0.25, -0.2) is 4.39 Å². The van der Waals surface area contributed by atoms with Crippen molar-refractivity contribution in [2.75, 3.05) is 6.61 Å². The minimum atomic E-state index is -0.842. The second-order valence-electron chi connectivity index (χ2n) is 6.64.